The van der Waals surface area contributed by atoms with Gasteiger partial charge in [-0.15, -0.1) is 0 Å². The van der Waals surface area contributed by atoms with Crippen molar-refractivity contribution in [3.05, 3.63) is 39.5 Å². The summed E-state index contributed by atoms with van der Waals surface area (Å²) < 4.78 is 10.7. The fourth-order valence-corrected chi connectivity index (χ4v) is 2.74. The molecule has 1 aromatic rings. The summed E-state index contributed by atoms with van der Waals surface area (Å²) in [6.45, 7) is 1.66. The first kappa shape index (κ1) is 15.4. The second-order valence-corrected chi connectivity index (χ2v) is 5.31. The maximum Gasteiger partial charge on any atom is 0.337 e. The van der Waals surface area contributed by atoms with Gasteiger partial charge in [-0.1, -0.05) is 6.07 Å². The van der Waals surface area contributed by atoms with Gasteiger partial charge in [0.1, 0.15) is 5.75 Å². The summed E-state index contributed by atoms with van der Waals surface area (Å²) in [4.78, 5) is 23.6. The standard InChI is InChI=1S/C14H15BrN2O4/c1-7-11(13(18)21-3)12(17-14(19)16-7)8-4-5-10(20-2)9(15)6-8/h4-6,12H,1-3H3,(H2,16,17,19)/t12-/m0/s1. The first-order valence-corrected chi connectivity index (χ1v) is 6.97. The molecule has 0 aliphatic carbocycles. The highest BCUT2D eigenvalue weighted by Gasteiger charge is 2.32. The number of benzene rings is 1. The molecule has 1 aliphatic heterocycles. The highest BCUT2D eigenvalue weighted by molar-refractivity contribution is 9.10. The number of urea groups is 1. The molecule has 2 N–H and O–H groups in total. The predicted octanol–water partition coefficient (Wildman–Crippen LogP) is 2.26. The van der Waals surface area contributed by atoms with Crippen molar-refractivity contribution >= 4 is 27.9 Å². The van der Waals surface area contributed by atoms with Crippen LogP contribution in [0, 0.1) is 0 Å². The maximum atomic E-state index is 12.0. The minimum absolute atomic E-state index is 0.364. The van der Waals surface area contributed by atoms with Gasteiger partial charge in [-0.3, -0.25) is 0 Å². The van der Waals surface area contributed by atoms with Crippen molar-refractivity contribution in [1.82, 2.24) is 10.6 Å². The Kier molecular flexibility index (Phi) is 4.52. The van der Waals surface area contributed by atoms with Crippen LogP contribution in [0.3, 0.4) is 0 Å². The lowest BCUT2D eigenvalue weighted by Gasteiger charge is -2.28. The largest absolute Gasteiger partial charge is 0.496 e. The maximum absolute atomic E-state index is 12.0. The van der Waals surface area contributed by atoms with Crippen molar-refractivity contribution in [2.75, 3.05) is 14.2 Å². The highest BCUT2D eigenvalue weighted by atomic mass is 79.9. The molecule has 0 unspecified atom stereocenters. The number of hydrogen-bond acceptors (Lipinski definition) is 4. The number of methoxy groups -OCH3 is 2. The van der Waals surface area contributed by atoms with Crippen LogP contribution in [0.2, 0.25) is 0 Å². The van der Waals surface area contributed by atoms with Gasteiger partial charge in [-0.25, -0.2) is 9.59 Å². The molecule has 7 heteroatoms. The van der Waals surface area contributed by atoms with Crippen LogP contribution in [0.5, 0.6) is 5.75 Å². The van der Waals surface area contributed by atoms with E-state index < -0.39 is 12.0 Å². The van der Waals surface area contributed by atoms with Crippen LogP contribution in [-0.4, -0.2) is 26.2 Å². The summed E-state index contributed by atoms with van der Waals surface area (Å²) in [5.41, 5.74) is 1.59. The SMILES string of the molecule is COC(=O)C1=C(C)NC(=O)N[C@H]1c1ccc(OC)c(Br)c1. The predicted molar refractivity (Wildman–Crippen MR) is 79.8 cm³/mol. The number of allylic oxidation sites excluding steroid dienone is 1. The molecule has 1 atom stereocenters. The van der Waals surface area contributed by atoms with E-state index in [9.17, 15) is 9.59 Å². The molecule has 2 amide bonds. The van der Waals surface area contributed by atoms with Crippen molar-refractivity contribution in [1.29, 1.82) is 0 Å². The van der Waals surface area contributed by atoms with Crippen LogP contribution in [-0.2, 0) is 9.53 Å². The lowest BCUT2D eigenvalue weighted by atomic mass is 9.95. The van der Waals surface area contributed by atoms with E-state index in [1.165, 1.54) is 7.11 Å². The molecule has 1 heterocycles. The third-order valence-corrected chi connectivity index (χ3v) is 3.80. The summed E-state index contributed by atoms with van der Waals surface area (Å²) in [5.74, 6) is 0.177. The molecule has 0 saturated heterocycles. The molecule has 0 bridgehead atoms. The molecule has 2 rings (SSSR count). The fraction of sp³-hybridized carbons (Fsp3) is 0.286. The molecule has 0 aromatic heterocycles. The fourth-order valence-electron chi connectivity index (χ4n) is 2.19. The molecule has 0 spiro atoms. The number of hydrogen-bond donors (Lipinski definition) is 2. The molecule has 0 radical (unpaired) electrons. The zero-order valence-electron chi connectivity index (χ0n) is 11.8. The first-order chi connectivity index (χ1) is 9.97. The molecule has 6 nitrogen and oxygen atoms in total. The number of carbonyl (C=O) groups excluding carboxylic acids is 2. The lowest BCUT2D eigenvalue weighted by Crippen LogP contribution is -2.45. The van der Waals surface area contributed by atoms with Gasteiger partial charge in [0.15, 0.2) is 0 Å². The zero-order valence-corrected chi connectivity index (χ0v) is 13.4. The number of ether oxygens (including phenoxy) is 2. The molecule has 1 aliphatic rings. The average Bonchev–Trinajstić information content (AvgIpc) is 2.45. The van der Waals surface area contributed by atoms with E-state index >= 15 is 0 Å². The summed E-state index contributed by atoms with van der Waals surface area (Å²) >= 11 is 3.39. The van der Waals surface area contributed by atoms with Gasteiger partial charge in [0, 0.05) is 5.70 Å². The third-order valence-electron chi connectivity index (χ3n) is 3.18. The van der Waals surface area contributed by atoms with Gasteiger partial charge < -0.3 is 20.1 Å². The van der Waals surface area contributed by atoms with E-state index in [1.54, 1.807) is 32.2 Å². The Morgan fingerprint density at radius 3 is 2.62 bits per heavy atom. The van der Waals surface area contributed by atoms with Crippen LogP contribution in [0.15, 0.2) is 33.9 Å². The second kappa shape index (κ2) is 6.17. The number of amides is 2. The molecule has 112 valence electrons. The van der Waals surface area contributed by atoms with Crippen molar-refractivity contribution in [2.24, 2.45) is 0 Å². The second-order valence-electron chi connectivity index (χ2n) is 4.46. The Labute approximate surface area is 130 Å². The number of rotatable bonds is 3. The van der Waals surface area contributed by atoms with Crippen LogP contribution < -0.4 is 15.4 Å². The number of halogens is 1. The summed E-state index contributed by atoms with van der Waals surface area (Å²) in [6, 6.07) is 4.41. The van der Waals surface area contributed by atoms with E-state index in [2.05, 4.69) is 26.6 Å². The van der Waals surface area contributed by atoms with Gasteiger partial charge in [-0.05, 0) is 40.5 Å². The molecular weight excluding hydrogens is 340 g/mol. The number of esters is 1. The van der Waals surface area contributed by atoms with Crippen molar-refractivity contribution in [3.8, 4) is 5.75 Å². The van der Waals surface area contributed by atoms with Crippen LogP contribution in [0.25, 0.3) is 0 Å². The smallest absolute Gasteiger partial charge is 0.337 e. The molecular formula is C14H15BrN2O4. The minimum atomic E-state index is -0.576. The topological polar surface area (TPSA) is 76.7 Å². The van der Waals surface area contributed by atoms with Gasteiger partial charge in [0.25, 0.3) is 0 Å². The van der Waals surface area contributed by atoms with Gasteiger partial charge in [0.2, 0.25) is 0 Å². The van der Waals surface area contributed by atoms with Crippen LogP contribution in [0.1, 0.15) is 18.5 Å². The summed E-state index contributed by atoms with van der Waals surface area (Å²) in [7, 11) is 2.87. The summed E-state index contributed by atoms with van der Waals surface area (Å²) in [5, 5.41) is 5.30. The molecule has 1 aromatic carbocycles. The van der Waals surface area contributed by atoms with Gasteiger partial charge >= 0.3 is 12.0 Å². The van der Waals surface area contributed by atoms with E-state index in [0.29, 0.717) is 17.0 Å². The zero-order chi connectivity index (χ0) is 15.6. The quantitative estimate of drug-likeness (QED) is 0.816. The highest BCUT2D eigenvalue weighted by Crippen LogP contribution is 2.32. The first-order valence-electron chi connectivity index (χ1n) is 6.18. The third kappa shape index (κ3) is 3.02. The normalized spacial score (nSPS) is 17.9. The Hall–Kier alpha value is -2.02. The Balaban J connectivity index is 2.48. The Morgan fingerprint density at radius 2 is 2.05 bits per heavy atom. The van der Waals surface area contributed by atoms with Crippen molar-refractivity contribution in [2.45, 2.75) is 13.0 Å². The minimum Gasteiger partial charge on any atom is -0.496 e. The lowest BCUT2D eigenvalue weighted by molar-refractivity contribution is -0.136. The number of carbonyl (C=O) groups is 2. The van der Waals surface area contributed by atoms with Crippen LogP contribution >= 0.6 is 15.9 Å². The Morgan fingerprint density at radius 1 is 1.33 bits per heavy atom. The van der Waals surface area contributed by atoms with Gasteiger partial charge in [-0.2, -0.15) is 0 Å². The van der Waals surface area contributed by atoms with E-state index in [-0.39, 0.29) is 6.03 Å². The molecule has 0 saturated carbocycles. The van der Waals surface area contributed by atoms with Gasteiger partial charge in [0.05, 0.1) is 30.3 Å². The van der Waals surface area contributed by atoms with E-state index in [1.807, 2.05) is 0 Å². The van der Waals surface area contributed by atoms with Crippen molar-refractivity contribution < 1.29 is 19.1 Å². The molecule has 0 fully saturated rings. The van der Waals surface area contributed by atoms with E-state index in [0.717, 1.165) is 10.0 Å². The number of nitrogens with one attached hydrogen (secondary N) is 2. The summed E-state index contributed by atoms with van der Waals surface area (Å²) in [6.07, 6.45) is 0. The average molecular weight is 355 g/mol. The monoisotopic (exact) mass is 354 g/mol. The molecule has 21 heavy (non-hydrogen) atoms. The Bertz CT molecular complexity index is 627. The van der Waals surface area contributed by atoms with Crippen molar-refractivity contribution in [3.63, 3.8) is 0 Å². The van der Waals surface area contributed by atoms with Crippen LogP contribution in [0.4, 0.5) is 4.79 Å². The van der Waals surface area contributed by atoms with E-state index in [4.69, 9.17) is 9.47 Å².